The van der Waals surface area contributed by atoms with Crippen molar-refractivity contribution >= 4 is 11.3 Å². The third-order valence-electron chi connectivity index (χ3n) is 3.55. The van der Waals surface area contributed by atoms with E-state index in [0.717, 1.165) is 32.8 Å². The molecule has 0 atom stereocenters. The highest BCUT2D eigenvalue weighted by Gasteiger charge is 2.17. The summed E-state index contributed by atoms with van der Waals surface area (Å²) in [7, 11) is 2.23. The fraction of sp³-hybridized carbons (Fsp3) is 0.714. The quantitative estimate of drug-likeness (QED) is 0.801. The van der Waals surface area contributed by atoms with E-state index in [4.69, 9.17) is 4.74 Å². The molecule has 0 amide bonds. The highest BCUT2D eigenvalue weighted by atomic mass is 32.1. The van der Waals surface area contributed by atoms with Crippen molar-refractivity contribution in [3.63, 3.8) is 0 Å². The van der Waals surface area contributed by atoms with Crippen LogP contribution in [0.15, 0.2) is 12.1 Å². The average Bonchev–Trinajstić information content (AvgIpc) is 2.81. The van der Waals surface area contributed by atoms with Crippen LogP contribution >= 0.6 is 11.3 Å². The van der Waals surface area contributed by atoms with Crippen LogP contribution in [-0.4, -0.2) is 44.3 Å². The molecule has 4 heteroatoms. The van der Waals surface area contributed by atoms with Crippen LogP contribution in [0.4, 0.5) is 0 Å². The Balaban J connectivity index is 1.59. The van der Waals surface area contributed by atoms with Crippen molar-refractivity contribution in [2.75, 3.05) is 33.4 Å². The lowest BCUT2D eigenvalue weighted by atomic mass is 10.1. The standard InChI is InChI=1S/C14H24N2OS/c1-12-3-4-14(18-12)11-15-7-8-16(2)13-5-9-17-10-6-13/h3-4,13,15H,5-11H2,1-2H3. The molecule has 1 fully saturated rings. The van der Waals surface area contributed by atoms with Gasteiger partial charge in [0.1, 0.15) is 0 Å². The van der Waals surface area contributed by atoms with Gasteiger partial charge >= 0.3 is 0 Å². The Morgan fingerprint density at radius 2 is 2.17 bits per heavy atom. The normalized spacial score (nSPS) is 17.5. The number of thiophene rings is 1. The third kappa shape index (κ3) is 4.35. The molecule has 0 aliphatic carbocycles. The monoisotopic (exact) mass is 268 g/mol. The predicted molar refractivity (Wildman–Crippen MR) is 77.2 cm³/mol. The van der Waals surface area contributed by atoms with Crippen LogP contribution < -0.4 is 5.32 Å². The van der Waals surface area contributed by atoms with Crippen LogP contribution in [0, 0.1) is 6.92 Å². The van der Waals surface area contributed by atoms with Gasteiger partial charge < -0.3 is 15.0 Å². The van der Waals surface area contributed by atoms with E-state index in [1.807, 2.05) is 11.3 Å². The van der Waals surface area contributed by atoms with Crippen molar-refractivity contribution in [3.05, 3.63) is 21.9 Å². The smallest absolute Gasteiger partial charge is 0.0480 e. The topological polar surface area (TPSA) is 24.5 Å². The van der Waals surface area contributed by atoms with Crippen LogP contribution in [0.1, 0.15) is 22.6 Å². The summed E-state index contributed by atoms with van der Waals surface area (Å²) in [4.78, 5) is 5.29. The Bertz CT molecular complexity index is 347. The molecule has 0 aromatic carbocycles. The molecule has 1 N–H and O–H groups in total. The molecule has 1 aliphatic heterocycles. The van der Waals surface area contributed by atoms with Gasteiger partial charge in [-0.1, -0.05) is 0 Å². The summed E-state index contributed by atoms with van der Waals surface area (Å²) >= 11 is 1.88. The zero-order valence-electron chi connectivity index (χ0n) is 11.4. The van der Waals surface area contributed by atoms with E-state index in [-0.39, 0.29) is 0 Å². The summed E-state index contributed by atoms with van der Waals surface area (Å²) in [6.45, 7) is 7.20. The van der Waals surface area contributed by atoms with Crippen LogP contribution in [0.3, 0.4) is 0 Å². The summed E-state index contributed by atoms with van der Waals surface area (Å²) in [5.41, 5.74) is 0. The number of nitrogens with zero attached hydrogens (tertiary/aromatic N) is 1. The van der Waals surface area contributed by atoms with Crippen molar-refractivity contribution in [1.82, 2.24) is 10.2 Å². The van der Waals surface area contributed by atoms with Crippen molar-refractivity contribution in [1.29, 1.82) is 0 Å². The van der Waals surface area contributed by atoms with Gasteiger partial charge in [0.05, 0.1) is 0 Å². The number of nitrogens with one attached hydrogen (secondary N) is 1. The van der Waals surface area contributed by atoms with Crippen molar-refractivity contribution < 1.29 is 4.74 Å². The molecule has 0 unspecified atom stereocenters. The summed E-state index contributed by atoms with van der Waals surface area (Å²) in [5, 5.41) is 3.52. The van der Waals surface area contributed by atoms with Crippen LogP contribution in [0.25, 0.3) is 0 Å². The summed E-state index contributed by atoms with van der Waals surface area (Å²) in [6, 6.07) is 5.12. The Morgan fingerprint density at radius 3 is 2.83 bits per heavy atom. The molecule has 2 rings (SSSR count). The minimum absolute atomic E-state index is 0.713. The van der Waals surface area contributed by atoms with E-state index >= 15 is 0 Å². The number of hydrogen-bond donors (Lipinski definition) is 1. The van der Waals surface area contributed by atoms with Gasteiger partial charge in [0, 0.05) is 48.6 Å². The average molecular weight is 268 g/mol. The molecule has 1 aromatic heterocycles. The Hall–Kier alpha value is -0.420. The molecule has 3 nitrogen and oxygen atoms in total. The largest absolute Gasteiger partial charge is 0.381 e. The molecule has 0 bridgehead atoms. The van der Waals surface area contributed by atoms with Crippen LogP contribution in [-0.2, 0) is 11.3 Å². The molecular formula is C14H24N2OS. The van der Waals surface area contributed by atoms with Gasteiger partial charge in [-0.3, -0.25) is 0 Å². The second-order valence-corrected chi connectivity index (χ2v) is 6.39. The lowest BCUT2D eigenvalue weighted by Gasteiger charge is -2.31. The molecule has 1 aromatic rings. The highest BCUT2D eigenvalue weighted by Crippen LogP contribution is 2.14. The highest BCUT2D eigenvalue weighted by molar-refractivity contribution is 7.11. The van der Waals surface area contributed by atoms with E-state index in [9.17, 15) is 0 Å². The SMILES string of the molecule is Cc1ccc(CNCCN(C)C2CCOCC2)s1. The fourth-order valence-corrected chi connectivity index (χ4v) is 3.22. The first-order valence-corrected chi connectivity index (χ1v) is 7.61. The first-order valence-electron chi connectivity index (χ1n) is 6.80. The van der Waals surface area contributed by atoms with E-state index in [0.29, 0.717) is 6.04 Å². The summed E-state index contributed by atoms with van der Waals surface area (Å²) in [6.07, 6.45) is 2.36. The Kier molecular flexibility index (Phi) is 5.63. The number of ether oxygens (including phenoxy) is 1. The van der Waals surface area contributed by atoms with Gasteiger partial charge in [-0.05, 0) is 38.9 Å². The third-order valence-corrected chi connectivity index (χ3v) is 4.55. The molecule has 1 aliphatic rings. The minimum atomic E-state index is 0.713. The fourth-order valence-electron chi connectivity index (χ4n) is 2.36. The molecule has 102 valence electrons. The lowest BCUT2D eigenvalue weighted by molar-refractivity contribution is 0.0434. The number of aryl methyl sites for hydroxylation is 1. The van der Waals surface area contributed by atoms with Crippen molar-refractivity contribution in [2.24, 2.45) is 0 Å². The molecule has 0 saturated carbocycles. The summed E-state index contributed by atoms with van der Waals surface area (Å²) in [5.74, 6) is 0. The first kappa shape index (κ1) is 14.0. The van der Waals surface area contributed by atoms with Gasteiger partial charge in [-0.2, -0.15) is 0 Å². The lowest BCUT2D eigenvalue weighted by Crippen LogP contribution is -2.40. The van der Waals surface area contributed by atoms with E-state index in [1.165, 1.54) is 22.6 Å². The van der Waals surface area contributed by atoms with Gasteiger partial charge in [0.15, 0.2) is 0 Å². The van der Waals surface area contributed by atoms with Crippen molar-refractivity contribution in [2.45, 2.75) is 32.4 Å². The molecule has 2 heterocycles. The second kappa shape index (κ2) is 7.24. The molecule has 0 radical (unpaired) electrons. The first-order chi connectivity index (χ1) is 8.75. The Labute approximate surface area is 114 Å². The minimum Gasteiger partial charge on any atom is -0.381 e. The van der Waals surface area contributed by atoms with Gasteiger partial charge in [0.2, 0.25) is 0 Å². The van der Waals surface area contributed by atoms with E-state index in [2.05, 4.69) is 36.3 Å². The number of rotatable bonds is 6. The van der Waals surface area contributed by atoms with Crippen LogP contribution in [0.5, 0.6) is 0 Å². The molecule has 1 saturated heterocycles. The maximum Gasteiger partial charge on any atom is 0.0480 e. The number of likely N-dealkylation sites (N-methyl/N-ethyl adjacent to an activating group) is 1. The number of hydrogen-bond acceptors (Lipinski definition) is 4. The zero-order valence-corrected chi connectivity index (χ0v) is 12.3. The van der Waals surface area contributed by atoms with Crippen LogP contribution in [0.2, 0.25) is 0 Å². The Morgan fingerprint density at radius 1 is 1.39 bits per heavy atom. The van der Waals surface area contributed by atoms with Gasteiger partial charge in [-0.25, -0.2) is 0 Å². The van der Waals surface area contributed by atoms with Gasteiger partial charge in [-0.15, -0.1) is 11.3 Å². The van der Waals surface area contributed by atoms with Gasteiger partial charge in [0.25, 0.3) is 0 Å². The zero-order chi connectivity index (χ0) is 12.8. The molecule has 18 heavy (non-hydrogen) atoms. The molecule has 0 spiro atoms. The van der Waals surface area contributed by atoms with E-state index < -0.39 is 0 Å². The molecular weight excluding hydrogens is 244 g/mol. The second-order valence-electron chi connectivity index (χ2n) is 5.01. The van der Waals surface area contributed by atoms with Crippen molar-refractivity contribution in [3.8, 4) is 0 Å². The maximum absolute atomic E-state index is 5.39. The summed E-state index contributed by atoms with van der Waals surface area (Å²) < 4.78 is 5.39. The maximum atomic E-state index is 5.39. The predicted octanol–water partition coefficient (Wildman–Crippen LogP) is 2.26. The van der Waals surface area contributed by atoms with E-state index in [1.54, 1.807) is 0 Å².